The van der Waals surface area contributed by atoms with Gasteiger partial charge in [-0.05, 0) is 36.2 Å². The summed E-state index contributed by atoms with van der Waals surface area (Å²) in [4.78, 5) is 43.3. The maximum atomic E-state index is 13.5. The highest BCUT2D eigenvalue weighted by Gasteiger charge is 2.40. The normalized spacial score (nSPS) is 12.8. The van der Waals surface area contributed by atoms with Crippen molar-refractivity contribution in [1.82, 2.24) is 15.6 Å². The molecule has 2 heterocycles. The second-order valence-corrected chi connectivity index (χ2v) is 11.7. The quantitative estimate of drug-likeness (QED) is 0.180. The lowest BCUT2D eigenvalue weighted by molar-refractivity contribution is -0.129. The highest BCUT2D eigenvalue weighted by atomic mass is 32.2. The number of alkyl carbamates (subject to hydrolysis) is 1. The molecule has 196 valence electrons. The molecule has 0 fully saturated rings. The van der Waals surface area contributed by atoms with E-state index in [0.29, 0.717) is 10.4 Å². The SMILES string of the molecule is COC(=O)NC(CCS(C)(=O)=O)(Cc1ccnc(N)c1)C(=O)CCC(=O)NCc1ccc(C(=N)N)s1. The Morgan fingerprint density at radius 2 is 1.94 bits per heavy atom. The van der Waals surface area contributed by atoms with Crippen LogP contribution < -0.4 is 22.1 Å². The summed E-state index contributed by atoms with van der Waals surface area (Å²) in [5.74, 6) is -1.20. The molecule has 0 saturated carbocycles. The molecule has 7 N–H and O–H groups in total. The van der Waals surface area contributed by atoms with Gasteiger partial charge in [0.25, 0.3) is 0 Å². The average Bonchev–Trinajstić information content (AvgIpc) is 3.28. The van der Waals surface area contributed by atoms with Crippen LogP contribution in [-0.4, -0.2) is 61.7 Å². The van der Waals surface area contributed by atoms with Gasteiger partial charge in [0.2, 0.25) is 5.91 Å². The van der Waals surface area contributed by atoms with Crippen molar-refractivity contribution in [3.63, 3.8) is 0 Å². The molecule has 0 spiro atoms. The number of nitrogens with zero attached hydrogens (tertiary/aromatic N) is 1. The first kappa shape index (κ1) is 28.7. The monoisotopic (exact) mass is 538 g/mol. The number of ketones is 1. The number of ether oxygens (including phenoxy) is 1. The number of sulfone groups is 1. The molecule has 0 bridgehead atoms. The number of anilines is 1. The van der Waals surface area contributed by atoms with Crippen LogP contribution in [0.1, 0.15) is 34.6 Å². The Labute approximate surface area is 213 Å². The number of nitrogens with two attached hydrogens (primary N) is 2. The molecule has 2 aromatic heterocycles. The summed E-state index contributed by atoms with van der Waals surface area (Å²) in [7, 11) is -2.37. The molecule has 0 aliphatic rings. The summed E-state index contributed by atoms with van der Waals surface area (Å²) >= 11 is 1.27. The fraction of sp³-hybridized carbons (Fsp3) is 0.409. The summed E-state index contributed by atoms with van der Waals surface area (Å²) in [5, 5.41) is 12.7. The molecule has 12 nitrogen and oxygen atoms in total. The van der Waals surface area contributed by atoms with Gasteiger partial charge in [0.05, 0.1) is 24.3 Å². The number of nitrogen functional groups attached to an aromatic ring is 2. The zero-order valence-electron chi connectivity index (χ0n) is 20.0. The molecule has 0 saturated heterocycles. The molecule has 36 heavy (non-hydrogen) atoms. The Hall–Kier alpha value is -3.52. The lowest BCUT2D eigenvalue weighted by Crippen LogP contribution is -2.57. The van der Waals surface area contributed by atoms with Crippen LogP contribution in [0.2, 0.25) is 0 Å². The first-order valence-corrected chi connectivity index (χ1v) is 13.7. The molecular weight excluding hydrogens is 508 g/mol. The fourth-order valence-electron chi connectivity index (χ4n) is 3.42. The van der Waals surface area contributed by atoms with E-state index in [-0.39, 0.29) is 49.6 Å². The number of thiophene rings is 1. The topological polar surface area (TPSA) is 207 Å². The van der Waals surface area contributed by atoms with E-state index in [4.69, 9.17) is 21.6 Å². The minimum Gasteiger partial charge on any atom is -0.453 e. The Balaban J connectivity index is 2.19. The van der Waals surface area contributed by atoms with Crippen LogP contribution in [0.4, 0.5) is 10.6 Å². The van der Waals surface area contributed by atoms with E-state index < -0.39 is 33.2 Å². The van der Waals surface area contributed by atoms with Crippen LogP contribution in [0.25, 0.3) is 0 Å². The number of aromatic nitrogens is 1. The van der Waals surface area contributed by atoms with Crippen LogP contribution in [0.15, 0.2) is 30.5 Å². The minimum absolute atomic E-state index is 0.0670. The van der Waals surface area contributed by atoms with Gasteiger partial charge in [-0.15, -0.1) is 11.3 Å². The van der Waals surface area contributed by atoms with Crippen molar-refractivity contribution >= 4 is 50.6 Å². The van der Waals surface area contributed by atoms with Crippen LogP contribution in [-0.2, 0) is 37.1 Å². The molecule has 2 amide bonds. The van der Waals surface area contributed by atoms with Crippen molar-refractivity contribution < 1.29 is 27.5 Å². The number of carbonyl (C=O) groups is 3. The van der Waals surface area contributed by atoms with Gasteiger partial charge in [-0.3, -0.25) is 15.0 Å². The summed E-state index contributed by atoms with van der Waals surface area (Å²) < 4.78 is 28.5. The molecule has 0 aromatic carbocycles. The lowest BCUT2D eigenvalue weighted by Gasteiger charge is -2.33. The van der Waals surface area contributed by atoms with Gasteiger partial charge in [0.1, 0.15) is 27.0 Å². The number of amidine groups is 1. The van der Waals surface area contributed by atoms with E-state index in [0.717, 1.165) is 18.2 Å². The van der Waals surface area contributed by atoms with Crippen molar-refractivity contribution in [3.05, 3.63) is 45.8 Å². The van der Waals surface area contributed by atoms with Gasteiger partial charge >= 0.3 is 6.09 Å². The number of hydrogen-bond acceptors (Lipinski definition) is 10. The Morgan fingerprint density at radius 3 is 2.53 bits per heavy atom. The third-order valence-corrected chi connectivity index (χ3v) is 7.34. The van der Waals surface area contributed by atoms with Gasteiger partial charge in [-0.2, -0.15) is 0 Å². The molecule has 2 aromatic rings. The number of nitrogens with one attached hydrogen (secondary N) is 3. The van der Waals surface area contributed by atoms with Crippen molar-refractivity contribution in [2.45, 2.75) is 37.8 Å². The lowest BCUT2D eigenvalue weighted by atomic mass is 9.82. The van der Waals surface area contributed by atoms with E-state index >= 15 is 0 Å². The van der Waals surface area contributed by atoms with Gasteiger partial charge in [-0.25, -0.2) is 18.2 Å². The van der Waals surface area contributed by atoms with Crippen molar-refractivity contribution in [2.75, 3.05) is 24.9 Å². The van der Waals surface area contributed by atoms with Gasteiger partial charge < -0.3 is 26.8 Å². The van der Waals surface area contributed by atoms with E-state index in [2.05, 4.69) is 15.6 Å². The summed E-state index contributed by atoms with van der Waals surface area (Å²) in [6.07, 6.45) is 0.794. The molecule has 0 aliphatic heterocycles. The Morgan fingerprint density at radius 1 is 1.22 bits per heavy atom. The average molecular weight is 539 g/mol. The van der Waals surface area contributed by atoms with E-state index in [9.17, 15) is 22.8 Å². The van der Waals surface area contributed by atoms with Crippen molar-refractivity contribution in [1.29, 1.82) is 5.41 Å². The molecule has 1 atom stereocenters. The zero-order valence-corrected chi connectivity index (χ0v) is 21.6. The number of Topliss-reactive ketones (excluding diaryl/α,β-unsaturated/α-hetero) is 1. The van der Waals surface area contributed by atoms with Crippen molar-refractivity contribution in [3.8, 4) is 0 Å². The first-order valence-electron chi connectivity index (χ1n) is 10.8. The summed E-state index contributed by atoms with van der Waals surface area (Å²) in [6.45, 7) is 0.195. The predicted octanol–water partition coefficient (Wildman–Crippen LogP) is 0.747. The Bertz CT molecular complexity index is 1230. The number of rotatable bonds is 13. The third kappa shape index (κ3) is 8.92. The van der Waals surface area contributed by atoms with Crippen molar-refractivity contribution in [2.24, 2.45) is 5.73 Å². The van der Waals surface area contributed by atoms with Crippen LogP contribution in [0, 0.1) is 5.41 Å². The summed E-state index contributed by atoms with van der Waals surface area (Å²) in [5.41, 5.74) is 10.1. The fourth-order valence-corrected chi connectivity index (χ4v) is 4.95. The molecule has 2 rings (SSSR count). The van der Waals surface area contributed by atoms with Crippen LogP contribution >= 0.6 is 11.3 Å². The van der Waals surface area contributed by atoms with Gasteiger partial charge in [0.15, 0.2) is 5.78 Å². The minimum atomic E-state index is -3.49. The molecule has 1 unspecified atom stereocenters. The van der Waals surface area contributed by atoms with Gasteiger partial charge in [-0.1, -0.05) is 0 Å². The number of amides is 2. The molecule has 0 radical (unpaired) electrons. The first-order chi connectivity index (χ1) is 16.8. The van der Waals surface area contributed by atoms with Crippen LogP contribution in [0.3, 0.4) is 0 Å². The standard InChI is InChI=1S/C22H30N6O6S2/c1-34-21(31)28-22(8-10-36(2,32)33,12-14-7-9-26-18(23)11-14)17(29)5-6-19(30)27-13-15-3-4-16(35-15)20(24)25/h3-4,7,9,11H,5-6,8,10,12-13H2,1-2H3,(H2,23,26)(H3,24,25)(H,27,30)(H,28,31). The van der Waals surface area contributed by atoms with E-state index in [1.54, 1.807) is 18.2 Å². The largest absolute Gasteiger partial charge is 0.453 e. The number of carbonyl (C=O) groups excluding carboxylic acids is 3. The zero-order chi connectivity index (χ0) is 26.9. The summed E-state index contributed by atoms with van der Waals surface area (Å²) in [6, 6.07) is 6.54. The number of pyridine rings is 1. The molecule has 14 heteroatoms. The highest BCUT2D eigenvalue weighted by molar-refractivity contribution is 7.90. The molecular formula is C22H30N6O6S2. The third-order valence-electron chi connectivity index (χ3n) is 5.28. The predicted molar refractivity (Wildman–Crippen MR) is 136 cm³/mol. The maximum absolute atomic E-state index is 13.5. The Kier molecular flexibility index (Phi) is 9.93. The molecule has 0 aliphatic carbocycles. The second kappa shape index (κ2) is 12.4. The number of methoxy groups -OCH3 is 1. The van der Waals surface area contributed by atoms with E-state index in [1.165, 1.54) is 23.6 Å². The second-order valence-electron chi connectivity index (χ2n) is 8.22. The number of hydrogen-bond donors (Lipinski definition) is 5. The van der Waals surface area contributed by atoms with E-state index in [1.807, 2.05) is 0 Å². The van der Waals surface area contributed by atoms with Crippen LogP contribution in [0.5, 0.6) is 0 Å². The smallest absolute Gasteiger partial charge is 0.407 e. The maximum Gasteiger partial charge on any atom is 0.407 e. The highest BCUT2D eigenvalue weighted by Crippen LogP contribution is 2.24. The van der Waals surface area contributed by atoms with Gasteiger partial charge in [0, 0.05) is 36.6 Å².